The lowest BCUT2D eigenvalue weighted by Gasteiger charge is -2.26. The molecule has 1 aliphatic carbocycles. The molecule has 17 heavy (non-hydrogen) atoms. The molecular formula is C13H23Br2NO. The van der Waals surface area contributed by atoms with E-state index in [0.29, 0.717) is 5.91 Å². The Bertz CT molecular complexity index is 273. The zero-order valence-electron chi connectivity index (χ0n) is 11.1. The Hall–Kier alpha value is 0.430. The van der Waals surface area contributed by atoms with Crippen LogP contribution in [-0.2, 0) is 4.79 Å². The normalized spacial score (nSPS) is 25.7. The van der Waals surface area contributed by atoms with E-state index in [1.165, 1.54) is 0 Å². The predicted octanol–water partition coefficient (Wildman–Crippen LogP) is 4.31. The van der Waals surface area contributed by atoms with E-state index >= 15 is 0 Å². The molecule has 0 aromatic heterocycles. The highest BCUT2D eigenvalue weighted by Crippen LogP contribution is 2.66. The molecule has 0 radical (unpaired) electrons. The minimum atomic E-state index is -0.255. The monoisotopic (exact) mass is 367 g/mol. The first-order chi connectivity index (χ1) is 7.89. The Morgan fingerprint density at radius 3 is 1.88 bits per heavy atom. The minimum Gasteiger partial charge on any atom is -0.342 e. The standard InChI is InChI=1S/C13H23Br2NO/c1-4-6-8-16(9-7-5-2)11(17)12(3)10-13(12,14)15/h4-10H2,1-3H3. The number of rotatable bonds is 7. The molecule has 0 aromatic carbocycles. The number of carbonyl (C=O) groups excluding carboxylic acids is 1. The number of hydrogen-bond acceptors (Lipinski definition) is 1. The third-order valence-electron chi connectivity index (χ3n) is 3.58. The molecule has 2 nitrogen and oxygen atoms in total. The van der Waals surface area contributed by atoms with E-state index in [9.17, 15) is 4.79 Å². The Kier molecular flexibility index (Phi) is 5.51. The summed E-state index contributed by atoms with van der Waals surface area (Å²) in [6, 6.07) is 0. The third kappa shape index (κ3) is 3.46. The predicted molar refractivity (Wildman–Crippen MR) is 79.7 cm³/mol. The van der Waals surface area contributed by atoms with Crippen molar-refractivity contribution in [2.24, 2.45) is 5.41 Å². The zero-order chi connectivity index (χ0) is 13.1. The van der Waals surface area contributed by atoms with Gasteiger partial charge in [0, 0.05) is 13.1 Å². The molecule has 0 aliphatic heterocycles. The van der Waals surface area contributed by atoms with Crippen LogP contribution in [0, 0.1) is 5.41 Å². The molecule has 1 saturated carbocycles. The molecule has 1 unspecified atom stereocenters. The number of amides is 1. The van der Waals surface area contributed by atoms with Crippen LogP contribution in [0.5, 0.6) is 0 Å². The van der Waals surface area contributed by atoms with Crippen molar-refractivity contribution in [3.8, 4) is 0 Å². The van der Waals surface area contributed by atoms with Gasteiger partial charge < -0.3 is 4.90 Å². The summed E-state index contributed by atoms with van der Waals surface area (Å²) in [5.41, 5.74) is -0.255. The summed E-state index contributed by atoms with van der Waals surface area (Å²) >= 11 is 7.17. The van der Waals surface area contributed by atoms with E-state index in [0.717, 1.165) is 45.2 Å². The van der Waals surface area contributed by atoms with Crippen molar-refractivity contribution in [3.63, 3.8) is 0 Å². The van der Waals surface area contributed by atoms with Gasteiger partial charge >= 0.3 is 0 Å². The third-order valence-corrected chi connectivity index (χ3v) is 5.89. The van der Waals surface area contributed by atoms with Crippen LogP contribution >= 0.6 is 31.9 Å². The molecule has 1 atom stereocenters. The Morgan fingerprint density at radius 2 is 1.59 bits per heavy atom. The quantitative estimate of drug-likeness (QED) is 0.613. The summed E-state index contributed by atoms with van der Waals surface area (Å²) in [6.07, 6.45) is 5.36. The number of unbranched alkanes of at least 4 members (excludes halogenated alkanes) is 2. The summed E-state index contributed by atoms with van der Waals surface area (Å²) in [7, 11) is 0. The van der Waals surface area contributed by atoms with Crippen LogP contribution in [0.25, 0.3) is 0 Å². The zero-order valence-corrected chi connectivity index (χ0v) is 14.2. The van der Waals surface area contributed by atoms with Crippen molar-refractivity contribution >= 4 is 37.8 Å². The second-order valence-electron chi connectivity index (χ2n) is 5.21. The largest absolute Gasteiger partial charge is 0.342 e. The Labute approximate surface area is 122 Å². The van der Waals surface area contributed by atoms with Gasteiger partial charge in [-0.3, -0.25) is 4.79 Å². The van der Waals surface area contributed by atoms with E-state index in [1.54, 1.807) is 0 Å². The van der Waals surface area contributed by atoms with Gasteiger partial charge in [0.25, 0.3) is 0 Å². The fraction of sp³-hybridized carbons (Fsp3) is 0.923. The lowest BCUT2D eigenvalue weighted by molar-refractivity contribution is -0.136. The molecule has 0 spiro atoms. The van der Waals surface area contributed by atoms with Crippen molar-refractivity contribution in [2.75, 3.05) is 13.1 Å². The van der Waals surface area contributed by atoms with Crippen LogP contribution < -0.4 is 0 Å². The van der Waals surface area contributed by atoms with E-state index < -0.39 is 0 Å². The van der Waals surface area contributed by atoms with Gasteiger partial charge in [-0.2, -0.15) is 0 Å². The van der Waals surface area contributed by atoms with Gasteiger partial charge in [-0.15, -0.1) is 0 Å². The molecular weight excluding hydrogens is 346 g/mol. The van der Waals surface area contributed by atoms with Gasteiger partial charge in [0.15, 0.2) is 0 Å². The van der Waals surface area contributed by atoms with Gasteiger partial charge in [0.1, 0.15) is 0 Å². The molecule has 0 aromatic rings. The second kappa shape index (κ2) is 6.05. The molecule has 0 heterocycles. The van der Waals surface area contributed by atoms with Crippen molar-refractivity contribution in [3.05, 3.63) is 0 Å². The van der Waals surface area contributed by atoms with Gasteiger partial charge in [-0.1, -0.05) is 58.5 Å². The molecule has 1 aliphatic rings. The van der Waals surface area contributed by atoms with E-state index in [-0.39, 0.29) is 8.65 Å². The summed E-state index contributed by atoms with van der Waals surface area (Å²) in [6.45, 7) is 8.19. The van der Waals surface area contributed by atoms with Crippen molar-refractivity contribution in [1.29, 1.82) is 0 Å². The Morgan fingerprint density at radius 1 is 1.18 bits per heavy atom. The highest BCUT2D eigenvalue weighted by molar-refractivity contribution is 9.25. The molecule has 1 fully saturated rings. The summed E-state index contributed by atoms with van der Waals surface area (Å²) in [5, 5.41) is 0. The van der Waals surface area contributed by atoms with Crippen molar-refractivity contribution in [2.45, 2.75) is 56.1 Å². The van der Waals surface area contributed by atoms with Crippen LogP contribution in [0.15, 0.2) is 0 Å². The van der Waals surface area contributed by atoms with Crippen LogP contribution in [0.4, 0.5) is 0 Å². The average molecular weight is 369 g/mol. The molecule has 1 amide bonds. The second-order valence-corrected chi connectivity index (χ2v) is 8.98. The topological polar surface area (TPSA) is 20.3 Å². The number of nitrogens with zero attached hydrogens (tertiary/aromatic N) is 1. The van der Waals surface area contributed by atoms with Gasteiger partial charge in [-0.05, 0) is 26.2 Å². The maximum Gasteiger partial charge on any atom is 0.230 e. The van der Waals surface area contributed by atoms with E-state index in [2.05, 4.69) is 50.6 Å². The number of alkyl halides is 2. The van der Waals surface area contributed by atoms with E-state index in [4.69, 9.17) is 0 Å². The smallest absolute Gasteiger partial charge is 0.230 e. The van der Waals surface area contributed by atoms with Crippen molar-refractivity contribution in [1.82, 2.24) is 4.90 Å². The van der Waals surface area contributed by atoms with Crippen LogP contribution in [0.1, 0.15) is 52.9 Å². The first kappa shape index (κ1) is 15.5. The van der Waals surface area contributed by atoms with Gasteiger partial charge in [0.2, 0.25) is 5.91 Å². The summed E-state index contributed by atoms with van der Waals surface area (Å²) in [4.78, 5) is 14.6. The lowest BCUT2D eigenvalue weighted by atomic mass is 10.1. The van der Waals surface area contributed by atoms with E-state index in [1.807, 2.05) is 6.92 Å². The van der Waals surface area contributed by atoms with Gasteiger partial charge in [-0.25, -0.2) is 0 Å². The summed E-state index contributed by atoms with van der Waals surface area (Å²) in [5.74, 6) is 0.299. The first-order valence-corrected chi connectivity index (χ1v) is 8.15. The Balaban J connectivity index is 2.60. The van der Waals surface area contributed by atoms with Crippen LogP contribution in [0.3, 0.4) is 0 Å². The average Bonchev–Trinajstić information content (AvgIpc) is 2.79. The van der Waals surface area contributed by atoms with Crippen molar-refractivity contribution < 1.29 is 4.79 Å². The summed E-state index contributed by atoms with van der Waals surface area (Å²) < 4.78 is -0.166. The number of hydrogen-bond donors (Lipinski definition) is 0. The molecule has 0 bridgehead atoms. The molecule has 1 rings (SSSR count). The minimum absolute atomic E-state index is 0.166. The highest BCUT2D eigenvalue weighted by atomic mass is 79.9. The molecule has 100 valence electrons. The number of halogens is 2. The lowest BCUT2D eigenvalue weighted by Crippen LogP contribution is -2.39. The first-order valence-electron chi connectivity index (χ1n) is 6.56. The van der Waals surface area contributed by atoms with Crippen LogP contribution in [-0.4, -0.2) is 27.1 Å². The maximum atomic E-state index is 12.5. The van der Waals surface area contributed by atoms with Gasteiger partial charge in [0.05, 0.1) is 8.65 Å². The molecule has 0 saturated heterocycles. The number of carbonyl (C=O) groups is 1. The fourth-order valence-electron chi connectivity index (χ4n) is 1.99. The maximum absolute atomic E-state index is 12.5. The molecule has 0 N–H and O–H groups in total. The molecule has 4 heteroatoms. The SMILES string of the molecule is CCCCN(CCCC)C(=O)C1(C)CC1(Br)Br. The fourth-order valence-corrected chi connectivity index (χ4v) is 3.45. The highest BCUT2D eigenvalue weighted by Gasteiger charge is 2.67. The van der Waals surface area contributed by atoms with Crippen LogP contribution in [0.2, 0.25) is 0 Å².